The second-order valence-electron chi connectivity index (χ2n) is 4.76. The number of rotatable bonds is 4. The fourth-order valence-electron chi connectivity index (χ4n) is 1.31. The van der Waals surface area contributed by atoms with E-state index in [1.165, 1.54) is 0 Å². The molecule has 0 fully saturated rings. The number of ketones is 1. The van der Waals surface area contributed by atoms with Crippen molar-refractivity contribution in [2.24, 2.45) is 11.8 Å². The van der Waals surface area contributed by atoms with Crippen LogP contribution in [0.15, 0.2) is 30.6 Å². The quantitative estimate of drug-likeness (QED) is 0.775. The van der Waals surface area contributed by atoms with Gasteiger partial charge in [0, 0.05) is 25.2 Å². The van der Waals surface area contributed by atoms with E-state index in [1.807, 2.05) is 18.2 Å². The first-order chi connectivity index (χ1) is 7.52. The number of aromatic nitrogens is 1. The molecule has 1 aromatic rings. The predicted octanol–water partition coefficient (Wildman–Crippen LogP) is 3.73. The molecule has 0 aliphatic carbocycles. The molecule has 0 spiro atoms. The van der Waals surface area contributed by atoms with E-state index in [0.717, 1.165) is 12.8 Å². The Kier molecular flexibility index (Phi) is 8.41. The summed E-state index contributed by atoms with van der Waals surface area (Å²) in [6, 6.07) is 5.72. The van der Waals surface area contributed by atoms with Crippen molar-refractivity contribution in [3.63, 3.8) is 0 Å². The molecule has 0 unspecified atom stereocenters. The molecule has 0 atom stereocenters. The summed E-state index contributed by atoms with van der Waals surface area (Å²) in [6.07, 6.45) is 5.00. The van der Waals surface area contributed by atoms with E-state index >= 15 is 0 Å². The highest BCUT2D eigenvalue weighted by atomic mass is 16.1. The van der Waals surface area contributed by atoms with Crippen molar-refractivity contribution < 1.29 is 4.79 Å². The van der Waals surface area contributed by atoms with Gasteiger partial charge in [-0.05, 0) is 24.0 Å². The number of carbonyl (C=O) groups is 1. The molecule has 0 aliphatic heterocycles. The molecule has 0 aliphatic rings. The summed E-state index contributed by atoms with van der Waals surface area (Å²) in [5, 5.41) is 0. The molecule has 0 saturated carbocycles. The first-order valence-electron chi connectivity index (χ1n) is 5.89. The van der Waals surface area contributed by atoms with Crippen LogP contribution in [-0.4, -0.2) is 10.8 Å². The maximum Gasteiger partial charge on any atom is 0.133 e. The van der Waals surface area contributed by atoms with Crippen LogP contribution in [0.25, 0.3) is 0 Å². The van der Waals surface area contributed by atoms with Crippen LogP contribution in [0.2, 0.25) is 0 Å². The highest BCUT2D eigenvalue weighted by Gasteiger charge is 2.06. The molecule has 0 aromatic carbocycles. The summed E-state index contributed by atoms with van der Waals surface area (Å²) in [4.78, 5) is 14.8. The summed E-state index contributed by atoms with van der Waals surface area (Å²) in [6.45, 7) is 8.33. The van der Waals surface area contributed by atoms with Crippen LogP contribution in [0.4, 0.5) is 0 Å². The molecule has 1 rings (SSSR count). The van der Waals surface area contributed by atoms with Gasteiger partial charge >= 0.3 is 0 Å². The zero-order valence-electron chi connectivity index (χ0n) is 10.8. The monoisotopic (exact) mass is 221 g/mol. The van der Waals surface area contributed by atoms with E-state index in [1.54, 1.807) is 12.4 Å². The normalized spacial score (nSPS) is 9.88. The average molecular weight is 221 g/mol. The van der Waals surface area contributed by atoms with Gasteiger partial charge in [-0.15, -0.1) is 0 Å². The number of carbonyl (C=O) groups excluding carboxylic acids is 1. The number of hydrogen-bond donors (Lipinski definition) is 0. The van der Waals surface area contributed by atoms with Gasteiger partial charge < -0.3 is 0 Å². The maximum absolute atomic E-state index is 11.1. The smallest absolute Gasteiger partial charge is 0.133 e. The Hall–Kier alpha value is -1.18. The van der Waals surface area contributed by atoms with Crippen LogP contribution in [-0.2, 0) is 4.79 Å². The largest absolute Gasteiger partial charge is 0.300 e. The summed E-state index contributed by atoms with van der Waals surface area (Å²) >= 11 is 0. The van der Waals surface area contributed by atoms with E-state index in [0.29, 0.717) is 17.6 Å². The molecule has 16 heavy (non-hydrogen) atoms. The summed E-state index contributed by atoms with van der Waals surface area (Å²) in [5.74, 6) is 1.45. The predicted molar refractivity (Wildman–Crippen MR) is 68.2 cm³/mol. The van der Waals surface area contributed by atoms with Crippen LogP contribution in [0.1, 0.15) is 40.5 Å². The van der Waals surface area contributed by atoms with Gasteiger partial charge in [-0.3, -0.25) is 9.78 Å². The fraction of sp³-hybridized carbons (Fsp3) is 0.571. The van der Waals surface area contributed by atoms with Crippen LogP contribution in [0.5, 0.6) is 0 Å². The van der Waals surface area contributed by atoms with Gasteiger partial charge in [0.05, 0.1) is 0 Å². The van der Waals surface area contributed by atoms with Gasteiger partial charge in [0.15, 0.2) is 0 Å². The van der Waals surface area contributed by atoms with Crippen molar-refractivity contribution in [3.8, 4) is 0 Å². The van der Waals surface area contributed by atoms with Gasteiger partial charge in [-0.25, -0.2) is 0 Å². The third kappa shape index (κ3) is 10.9. The Bertz CT molecular complexity index is 229. The van der Waals surface area contributed by atoms with Crippen LogP contribution in [0, 0.1) is 11.8 Å². The second-order valence-corrected chi connectivity index (χ2v) is 4.76. The molecule has 0 N–H and O–H groups in total. The van der Waals surface area contributed by atoms with Gasteiger partial charge in [-0.2, -0.15) is 0 Å². The van der Waals surface area contributed by atoms with Gasteiger partial charge in [0.25, 0.3) is 0 Å². The summed E-state index contributed by atoms with van der Waals surface area (Å²) < 4.78 is 0. The van der Waals surface area contributed by atoms with Gasteiger partial charge in [0.1, 0.15) is 5.78 Å². The van der Waals surface area contributed by atoms with Crippen LogP contribution >= 0.6 is 0 Å². The molecule has 2 nitrogen and oxygen atoms in total. The molecule has 2 heteroatoms. The fourth-order valence-corrected chi connectivity index (χ4v) is 1.31. The van der Waals surface area contributed by atoms with E-state index in [9.17, 15) is 4.79 Å². The molecule has 0 amide bonds. The number of hydrogen-bond acceptors (Lipinski definition) is 2. The average Bonchev–Trinajstić information content (AvgIpc) is 2.18. The highest BCUT2D eigenvalue weighted by Crippen LogP contribution is 2.07. The second kappa shape index (κ2) is 9.08. The minimum absolute atomic E-state index is 0.407. The van der Waals surface area contributed by atoms with E-state index in [4.69, 9.17) is 0 Å². The lowest BCUT2D eigenvalue weighted by atomic mass is 10.00. The summed E-state index contributed by atoms with van der Waals surface area (Å²) in [7, 11) is 0. The van der Waals surface area contributed by atoms with Crippen LogP contribution in [0.3, 0.4) is 0 Å². The lowest BCUT2D eigenvalue weighted by molar-refractivity contribution is -0.120. The maximum atomic E-state index is 11.1. The minimum atomic E-state index is 0.407. The number of pyridine rings is 1. The third-order valence-electron chi connectivity index (χ3n) is 1.84. The van der Waals surface area contributed by atoms with Crippen LogP contribution < -0.4 is 0 Å². The molecule has 90 valence electrons. The van der Waals surface area contributed by atoms with Crippen molar-refractivity contribution in [3.05, 3.63) is 30.6 Å². The standard InChI is InChI=1S/C9H18O.C5H5N/c1-7(2)5-9(10)6-8(3)4;1-2-4-6-5-3-1/h7-8H,5-6H2,1-4H3;1-5H. The Morgan fingerprint density at radius 3 is 1.56 bits per heavy atom. The molecule has 1 aromatic heterocycles. The van der Waals surface area contributed by atoms with Crippen molar-refractivity contribution in [1.82, 2.24) is 4.98 Å². The summed E-state index contributed by atoms with van der Waals surface area (Å²) in [5.41, 5.74) is 0. The van der Waals surface area contributed by atoms with Crippen molar-refractivity contribution >= 4 is 5.78 Å². The Morgan fingerprint density at radius 2 is 1.38 bits per heavy atom. The zero-order chi connectivity index (χ0) is 12.4. The molecule has 0 bridgehead atoms. The first-order valence-corrected chi connectivity index (χ1v) is 5.89. The molecular formula is C14H23NO. The topological polar surface area (TPSA) is 30.0 Å². The first kappa shape index (κ1) is 14.8. The lowest BCUT2D eigenvalue weighted by Gasteiger charge is -2.05. The lowest BCUT2D eigenvalue weighted by Crippen LogP contribution is -2.05. The SMILES string of the molecule is CC(C)CC(=O)CC(C)C.c1ccncc1. The molecular weight excluding hydrogens is 198 g/mol. The van der Waals surface area contributed by atoms with Gasteiger partial charge in [0.2, 0.25) is 0 Å². The van der Waals surface area contributed by atoms with Gasteiger partial charge in [-0.1, -0.05) is 33.8 Å². The Labute approximate surface area is 99.1 Å². The highest BCUT2D eigenvalue weighted by molar-refractivity contribution is 5.78. The molecule has 0 saturated heterocycles. The Morgan fingerprint density at radius 1 is 0.938 bits per heavy atom. The van der Waals surface area contributed by atoms with E-state index in [2.05, 4.69) is 32.7 Å². The number of Topliss-reactive ketones (excluding diaryl/α,β-unsaturated/α-hetero) is 1. The van der Waals surface area contributed by atoms with E-state index < -0.39 is 0 Å². The van der Waals surface area contributed by atoms with Crippen molar-refractivity contribution in [2.75, 3.05) is 0 Å². The number of nitrogens with zero attached hydrogens (tertiary/aromatic N) is 1. The molecule has 1 heterocycles. The zero-order valence-corrected chi connectivity index (χ0v) is 10.8. The molecule has 0 radical (unpaired) electrons. The Balaban J connectivity index is 0.000000315. The minimum Gasteiger partial charge on any atom is -0.300 e. The van der Waals surface area contributed by atoms with E-state index in [-0.39, 0.29) is 0 Å². The third-order valence-corrected chi connectivity index (χ3v) is 1.84. The van der Waals surface area contributed by atoms with Crippen molar-refractivity contribution in [2.45, 2.75) is 40.5 Å². The van der Waals surface area contributed by atoms with Crippen molar-refractivity contribution in [1.29, 1.82) is 0 Å².